The predicted molar refractivity (Wildman–Crippen MR) is 71.6 cm³/mol. The SMILES string of the molecule is CCOCCCNC(=S)Nc1cc(F)c(F)c(F)c1. The van der Waals surface area contributed by atoms with E-state index in [0.29, 0.717) is 19.8 Å². The van der Waals surface area contributed by atoms with Crippen LogP contribution in [-0.2, 0) is 4.74 Å². The van der Waals surface area contributed by atoms with Crippen LogP contribution in [0.15, 0.2) is 12.1 Å². The second-order valence-corrected chi connectivity index (χ2v) is 4.09. The summed E-state index contributed by atoms with van der Waals surface area (Å²) in [6.45, 7) is 3.72. The van der Waals surface area contributed by atoms with Gasteiger partial charge in [0, 0.05) is 37.6 Å². The number of ether oxygens (including phenoxy) is 1. The van der Waals surface area contributed by atoms with Crippen molar-refractivity contribution in [3.63, 3.8) is 0 Å². The maximum absolute atomic E-state index is 12.9. The Labute approximate surface area is 115 Å². The van der Waals surface area contributed by atoms with Crippen molar-refractivity contribution in [2.75, 3.05) is 25.1 Å². The minimum absolute atomic E-state index is 0.0544. The van der Waals surface area contributed by atoms with Crippen LogP contribution in [0.25, 0.3) is 0 Å². The molecule has 0 saturated carbocycles. The molecule has 0 heterocycles. The Balaban J connectivity index is 2.40. The summed E-state index contributed by atoms with van der Waals surface area (Å²) < 4.78 is 43.8. The van der Waals surface area contributed by atoms with Gasteiger partial charge >= 0.3 is 0 Å². The van der Waals surface area contributed by atoms with Crippen LogP contribution >= 0.6 is 12.2 Å². The third-order valence-corrected chi connectivity index (χ3v) is 2.44. The Morgan fingerprint density at radius 2 is 1.89 bits per heavy atom. The maximum atomic E-state index is 12.9. The van der Waals surface area contributed by atoms with Gasteiger partial charge in [0.05, 0.1) is 0 Å². The zero-order valence-corrected chi connectivity index (χ0v) is 11.3. The fourth-order valence-electron chi connectivity index (χ4n) is 1.32. The van der Waals surface area contributed by atoms with Crippen LogP contribution in [0.2, 0.25) is 0 Å². The van der Waals surface area contributed by atoms with Gasteiger partial charge in [-0.3, -0.25) is 0 Å². The third kappa shape index (κ3) is 5.44. The van der Waals surface area contributed by atoms with Crippen LogP contribution in [0.5, 0.6) is 0 Å². The van der Waals surface area contributed by atoms with E-state index >= 15 is 0 Å². The molecule has 0 atom stereocenters. The minimum Gasteiger partial charge on any atom is -0.382 e. The lowest BCUT2D eigenvalue weighted by Crippen LogP contribution is -2.29. The van der Waals surface area contributed by atoms with Gasteiger partial charge in [-0.1, -0.05) is 0 Å². The van der Waals surface area contributed by atoms with Crippen molar-refractivity contribution in [2.24, 2.45) is 0 Å². The van der Waals surface area contributed by atoms with Gasteiger partial charge in [-0.15, -0.1) is 0 Å². The van der Waals surface area contributed by atoms with Crippen molar-refractivity contribution < 1.29 is 17.9 Å². The van der Waals surface area contributed by atoms with Crippen LogP contribution in [0, 0.1) is 17.5 Å². The number of benzene rings is 1. The highest BCUT2D eigenvalue weighted by Crippen LogP contribution is 2.17. The summed E-state index contributed by atoms with van der Waals surface area (Å²) in [6, 6.07) is 1.68. The summed E-state index contributed by atoms with van der Waals surface area (Å²) in [6.07, 6.45) is 0.752. The molecule has 0 aliphatic carbocycles. The molecule has 7 heteroatoms. The van der Waals surface area contributed by atoms with Gasteiger partial charge in [0.2, 0.25) is 0 Å². The van der Waals surface area contributed by atoms with E-state index in [1.165, 1.54) is 0 Å². The standard InChI is InChI=1S/C12H15F3N2OS/c1-2-18-5-3-4-16-12(19)17-8-6-9(13)11(15)10(14)7-8/h6-7H,2-5H2,1H3,(H2,16,17,19). The van der Waals surface area contributed by atoms with Crippen molar-refractivity contribution in [3.8, 4) is 0 Å². The molecule has 1 aromatic rings. The van der Waals surface area contributed by atoms with Gasteiger partial charge < -0.3 is 15.4 Å². The van der Waals surface area contributed by atoms with E-state index in [4.69, 9.17) is 17.0 Å². The topological polar surface area (TPSA) is 33.3 Å². The maximum Gasteiger partial charge on any atom is 0.194 e. The van der Waals surface area contributed by atoms with E-state index in [1.54, 1.807) is 0 Å². The third-order valence-electron chi connectivity index (χ3n) is 2.20. The molecule has 1 aromatic carbocycles. The summed E-state index contributed by atoms with van der Waals surface area (Å²) in [7, 11) is 0. The van der Waals surface area contributed by atoms with Crippen molar-refractivity contribution in [1.29, 1.82) is 0 Å². The molecule has 0 spiro atoms. The molecule has 3 nitrogen and oxygen atoms in total. The molecule has 0 aromatic heterocycles. The lowest BCUT2D eigenvalue weighted by Gasteiger charge is -2.11. The first kappa shape index (κ1) is 15.7. The summed E-state index contributed by atoms with van der Waals surface area (Å²) in [5.74, 6) is -4.02. The van der Waals surface area contributed by atoms with Gasteiger partial charge in [0.15, 0.2) is 22.6 Å². The number of thiocarbonyl (C=S) groups is 1. The van der Waals surface area contributed by atoms with Crippen molar-refractivity contribution in [1.82, 2.24) is 5.32 Å². The number of nitrogens with one attached hydrogen (secondary N) is 2. The molecule has 0 unspecified atom stereocenters. The van der Waals surface area contributed by atoms with Gasteiger partial charge in [0.25, 0.3) is 0 Å². The molecule has 19 heavy (non-hydrogen) atoms. The molecular weight excluding hydrogens is 277 g/mol. The van der Waals surface area contributed by atoms with Crippen molar-refractivity contribution in [2.45, 2.75) is 13.3 Å². The summed E-state index contributed by atoms with van der Waals surface area (Å²) in [4.78, 5) is 0. The molecule has 0 saturated heterocycles. The van der Waals surface area contributed by atoms with E-state index in [0.717, 1.165) is 18.6 Å². The molecule has 0 fully saturated rings. The second-order valence-electron chi connectivity index (χ2n) is 3.69. The normalized spacial score (nSPS) is 10.3. The molecule has 0 bridgehead atoms. The fourth-order valence-corrected chi connectivity index (χ4v) is 1.54. The number of halogens is 3. The molecule has 0 radical (unpaired) electrons. The Bertz CT molecular complexity index is 420. The van der Waals surface area contributed by atoms with E-state index < -0.39 is 17.5 Å². The van der Waals surface area contributed by atoms with Crippen LogP contribution < -0.4 is 10.6 Å². The number of hydrogen-bond acceptors (Lipinski definition) is 2. The molecule has 0 amide bonds. The molecular formula is C12H15F3N2OS. The summed E-state index contributed by atoms with van der Waals surface area (Å²) >= 11 is 4.93. The van der Waals surface area contributed by atoms with Crippen molar-refractivity contribution in [3.05, 3.63) is 29.6 Å². The smallest absolute Gasteiger partial charge is 0.194 e. The highest BCUT2D eigenvalue weighted by molar-refractivity contribution is 7.80. The van der Waals surface area contributed by atoms with Gasteiger partial charge in [-0.2, -0.15) is 0 Å². The second kappa shape index (κ2) is 7.96. The highest BCUT2D eigenvalue weighted by atomic mass is 32.1. The fraction of sp³-hybridized carbons (Fsp3) is 0.417. The molecule has 106 valence electrons. The van der Waals surface area contributed by atoms with Gasteiger partial charge in [-0.25, -0.2) is 13.2 Å². The Morgan fingerprint density at radius 3 is 2.47 bits per heavy atom. The first-order valence-electron chi connectivity index (χ1n) is 5.81. The molecule has 0 aliphatic rings. The average molecular weight is 292 g/mol. The zero-order chi connectivity index (χ0) is 14.3. The van der Waals surface area contributed by atoms with E-state index in [1.807, 2.05) is 6.92 Å². The quantitative estimate of drug-likeness (QED) is 0.480. The Hall–Kier alpha value is -1.34. The average Bonchev–Trinajstić information content (AvgIpc) is 2.35. The molecule has 2 N–H and O–H groups in total. The number of rotatable bonds is 6. The Kier molecular flexibility index (Phi) is 6.58. The summed E-state index contributed by atoms with van der Waals surface area (Å²) in [5.41, 5.74) is 0.0544. The molecule has 1 rings (SSSR count). The predicted octanol–water partition coefficient (Wildman–Crippen LogP) is 2.82. The van der Waals surface area contributed by atoms with Crippen LogP contribution in [0.4, 0.5) is 18.9 Å². The molecule has 0 aliphatic heterocycles. The van der Waals surface area contributed by atoms with Crippen LogP contribution in [0.1, 0.15) is 13.3 Å². The van der Waals surface area contributed by atoms with Crippen LogP contribution in [-0.4, -0.2) is 24.9 Å². The number of hydrogen-bond donors (Lipinski definition) is 2. The monoisotopic (exact) mass is 292 g/mol. The zero-order valence-electron chi connectivity index (χ0n) is 10.4. The first-order valence-corrected chi connectivity index (χ1v) is 6.22. The van der Waals surface area contributed by atoms with Gasteiger partial charge in [-0.05, 0) is 25.6 Å². The highest BCUT2D eigenvalue weighted by Gasteiger charge is 2.10. The van der Waals surface area contributed by atoms with E-state index in [9.17, 15) is 13.2 Å². The Morgan fingerprint density at radius 1 is 1.26 bits per heavy atom. The van der Waals surface area contributed by atoms with E-state index in [2.05, 4.69) is 10.6 Å². The number of anilines is 1. The largest absolute Gasteiger partial charge is 0.382 e. The summed E-state index contributed by atoms with van der Waals surface area (Å²) in [5, 5.41) is 5.63. The van der Waals surface area contributed by atoms with Crippen molar-refractivity contribution >= 4 is 23.0 Å². The van der Waals surface area contributed by atoms with Crippen LogP contribution in [0.3, 0.4) is 0 Å². The first-order chi connectivity index (χ1) is 9.04. The lowest BCUT2D eigenvalue weighted by molar-refractivity contribution is 0.146. The minimum atomic E-state index is -1.50. The van der Waals surface area contributed by atoms with Gasteiger partial charge in [0.1, 0.15) is 0 Å². The lowest BCUT2D eigenvalue weighted by atomic mass is 10.3. The van der Waals surface area contributed by atoms with E-state index in [-0.39, 0.29) is 10.8 Å².